The maximum absolute atomic E-state index is 13.7. The van der Waals surface area contributed by atoms with Gasteiger partial charge < -0.3 is 0 Å². The van der Waals surface area contributed by atoms with Crippen LogP contribution in [0.5, 0.6) is 0 Å². The van der Waals surface area contributed by atoms with Crippen molar-refractivity contribution in [2.45, 2.75) is 31.6 Å². The lowest BCUT2D eigenvalue weighted by molar-refractivity contribution is 0.0987. The van der Waals surface area contributed by atoms with Gasteiger partial charge in [0.05, 0.1) is 21.3 Å². The van der Waals surface area contributed by atoms with Crippen LogP contribution in [0.4, 0.5) is 5.13 Å². The monoisotopic (exact) mass is 610 g/mol. The van der Waals surface area contributed by atoms with Gasteiger partial charge in [-0.05, 0) is 85.3 Å². The van der Waals surface area contributed by atoms with E-state index in [2.05, 4.69) is 32.9 Å². The first kappa shape index (κ1) is 26.7. The number of anilines is 1. The summed E-state index contributed by atoms with van der Waals surface area (Å²) >= 11 is 4.80. The Kier molecular flexibility index (Phi) is 7.76. The van der Waals surface area contributed by atoms with Crippen molar-refractivity contribution in [3.05, 3.63) is 87.9 Å². The largest absolute Gasteiger partial charge is 0.280 e. The molecule has 1 atom stereocenters. The molecular weight excluding hydrogens is 584 g/mol. The number of aromatic nitrogens is 1. The van der Waals surface area contributed by atoms with Crippen LogP contribution in [0.1, 0.15) is 41.3 Å². The third kappa shape index (κ3) is 5.73. The molecule has 1 unspecified atom stereocenters. The van der Waals surface area contributed by atoms with Crippen LogP contribution in [0.3, 0.4) is 0 Å². The Labute approximate surface area is 235 Å². The summed E-state index contributed by atoms with van der Waals surface area (Å²) in [6, 6.07) is 19.6. The predicted octanol–water partition coefficient (Wildman–Crippen LogP) is 6.47. The molecule has 1 aliphatic rings. The molecule has 3 aromatic carbocycles. The van der Waals surface area contributed by atoms with E-state index >= 15 is 0 Å². The molecule has 38 heavy (non-hydrogen) atoms. The molecule has 0 bridgehead atoms. The van der Waals surface area contributed by atoms with Gasteiger partial charge in [0.1, 0.15) is 0 Å². The Morgan fingerprint density at radius 1 is 1.13 bits per heavy atom. The molecule has 1 aromatic heterocycles. The van der Waals surface area contributed by atoms with Gasteiger partial charge in [-0.3, -0.25) is 4.79 Å². The molecule has 196 valence electrons. The molecule has 1 aliphatic heterocycles. The van der Waals surface area contributed by atoms with E-state index in [-0.39, 0.29) is 4.90 Å². The zero-order valence-electron chi connectivity index (χ0n) is 21.0. The molecule has 1 saturated heterocycles. The van der Waals surface area contributed by atoms with E-state index < -0.39 is 15.9 Å². The van der Waals surface area contributed by atoms with Crippen LogP contribution >= 0.6 is 27.3 Å². The first-order valence-electron chi connectivity index (χ1n) is 12.3. The summed E-state index contributed by atoms with van der Waals surface area (Å²) in [4.78, 5) is 18.5. The summed E-state index contributed by atoms with van der Waals surface area (Å²) in [5.74, 6) is -0.0706. The highest BCUT2D eigenvalue weighted by Crippen LogP contribution is 2.31. The van der Waals surface area contributed by atoms with Gasteiger partial charge in [0, 0.05) is 23.1 Å². The van der Waals surface area contributed by atoms with Crippen LogP contribution in [0.25, 0.3) is 10.2 Å². The summed E-state index contributed by atoms with van der Waals surface area (Å²) in [7, 11) is -3.62. The lowest BCUT2D eigenvalue weighted by Crippen LogP contribution is -2.39. The van der Waals surface area contributed by atoms with Crippen molar-refractivity contribution in [3.63, 3.8) is 0 Å². The summed E-state index contributed by atoms with van der Waals surface area (Å²) in [6.07, 6.45) is 3.49. The standard InChI is InChI=1S/C28H27BrN4O3S2/c1-19-5-14-25-26(16-19)37-28(31-25)33(30-17-21-6-10-23(29)11-7-21)27(34)22-8-12-24(13-9-22)38(35,36)32-15-3-4-20(2)18-32/h5-14,16-17,20H,3-4,15,18H2,1-2H3/b30-17+. The number of nitrogens with zero attached hydrogens (tertiary/aromatic N) is 4. The van der Waals surface area contributed by atoms with Crippen molar-refractivity contribution in [3.8, 4) is 0 Å². The van der Waals surface area contributed by atoms with Crippen molar-refractivity contribution in [1.82, 2.24) is 9.29 Å². The third-order valence-corrected chi connectivity index (χ3v) is 9.86. The van der Waals surface area contributed by atoms with E-state index in [0.29, 0.717) is 29.7 Å². The number of halogens is 1. The Bertz CT molecular complexity index is 1600. The second-order valence-corrected chi connectivity index (χ2v) is 13.4. The average Bonchev–Trinajstić information content (AvgIpc) is 3.32. The maximum Gasteiger partial charge on any atom is 0.280 e. The minimum absolute atomic E-state index is 0.184. The van der Waals surface area contributed by atoms with Gasteiger partial charge in [0.25, 0.3) is 5.91 Å². The molecular formula is C28H27BrN4O3S2. The minimum Gasteiger partial charge on any atom is -0.267 e. The number of benzene rings is 3. The van der Waals surface area contributed by atoms with Crippen LogP contribution in [-0.4, -0.2) is 42.9 Å². The van der Waals surface area contributed by atoms with E-state index in [1.54, 1.807) is 18.3 Å². The molecule has 0 N–H and O–H groups in total. The Morgan fingerprint density at radius 2 is 1.87 bits per heavy atom. The average molecular weight is 612 g/mol. The zero-order valence-corrected chi connectivity index (χ0v) is 24.3. The molecule has 1 fully saturated rings. The number of amides is 1. The SMILES string of the molecule is Cc1ccc2nc(N(/N=C/c3ccc(Br)cc3)C(=O)c3ccc(S(=O)(=O)N4CCCC(C)C4)cc3)sc2c1. The molecule has 10 heteroatoms. The third-order valence-electron chi connectivity index (χ3n) is 6.46. The minimum atomic E-state index is -3.62. The highest BCUT2D eigenvalue weighted by atomic mass is 79.9. The molecule has 0 saturated carbocycles. The van der Waals surface area contributed by atoms with Gasteiger partial charge in [-0.15, -0.1) is 0 Å². The van der Waals surface area contributed by atoms with Crippen LogP contribution in [0.15, 0.2) is 81.2 Å². The summed E-state index contributed by atoms with van der Waals surface area (Å²) in [5.41, 5.74) is 3.02. The molecule has 0 spiro atoms. The van der Waals surface area contributed by atoms with Crippen LogP contribution < -0.4 is 5.01 Å². The number of hydrogen-bond acceptors (Lipinski definition) is 6. The van der Waals surface area contributed by atoms with Gasteiger partial charge in [-0.25, -0.2) is 13.4 Å². The smallest absolute Gasteiger partial charge is 0.267 e. The van der Waals surface area contributed by atoms with Crippen molar-refractivity contribution in [1.29, 1.82) is 0 Å². The Morgan fingerprint density at radius 3 is 2.58 bits per heavy atom. The van der Waals surface area contributed by atoms with Crippen LogP contribution in [0, 0.1) is 12.8 Å². The van der Waals surface area contributed by atoms with Crippen molar-refractivity contribution < 1.29 is 13.2 Å². The first-order chi connectivity index (χ1) is 18.2. The molecule has 2 heterocycles. The number of carbonyl (C=O) groups is 1. The Balaban J connectivity index is 1.47. The number of hydrazone groups is 1. The normalized spacial score (nSPS) is 16.8. The second-order valence-electron chi connectivity index (χ2n) is 9.52. The fraction of sp³-hybridized carbons (Fsp3) is 0.250. The van der Waals surface area contributed by atoms with Gasteiger partial charge >= 0.3 is 0 Å². The number of carbonyl (C=O) groups excluding carboxylic acids is 1. The van der Waals surface area contributed by atoms with E-state index in [0.717, 1.165) is 38.7 Å². The van der Waals surface area contributed by atoms with Gasteiger partial charge in [-0.2, -0.15) is 14.4 Å². The quantitative estimate of drug-likeness (QED) is 0.185. The van der Waals surface area contributed by atoms with Crippen molar-refractivity contribution in [2.24, 2.45) is 11.0 Å². The van der Waals surface area contributed by atoms with Gasteiger partial charge in [-0.1, -0.05) is 52.4 Å². The number of hydrogen-bond donors (Lipinski definition) is 0. The molecule has 7 nitrogen and oxygen atoms in total. The fourth-order valence-corrected chi connectivity index (χ4v) is 7.26. The maximum atomic E-state index is 13.7. The number of aryl methyl sites for hydroxylation is 1. The van der Waals surface area contributed by atoms with Crippen LogP contribution in [0.2, 0.25) is 0 Å². The van der Waals surface area contributed by atoms with Gasteiger partial charge in [0.15, 0.2) is 0 Å². The van der Waals surface area contributed by atoms with E-state index in [9.17, 15) is 13.2 Å². The highest BCUT2D eigenvalue weighted by Gasteiger charge is 2.29. The first-order valence-corrected chi connectivity index (χ1v) is 15.4. The molecule has 0 aliphatic carbocycles. The van der Waals surface area contributed by atoms with E-state index in [4.69, 9.17) is 0 Å². The number of sulfonamides is 1. The second kappa shape index (κ2) is 11.1. The number of thiazole rings is 1. The topological polar surface area (TPSA) is 82.9 Å². The number of rotatable bonds is 6. The van der Waals surface area contributed by atoms with Crippen LogP contribution in [-0.2, 0) is 10.0 Å². The fourth-order valence-electron chi connectivity index (χ4n) is 4.38. The van der Waals surface area contributed by atoms with Crippen molar-refractivity contribution in [2.75, 3.05) is 18.1 Å². The highest BCUT2D eigenvalue weighted by molar-refractivity contribution is 9.10. The number of piperidine rings is 1. The van der Waals surface area contributed by atoms with Gasteiger partial charge in [0.2, 0.25) is 15.2 Å². The Hall–Kier alpha value is -2.92. The summed E-state index contributed by atoms with van der Waals surface area (Å²) in [6.45, 7) is 5.10. The van der Waals surface area contributed by atoms with Crippen molar-refractivity contribution >= 4 is 64.8 Å². The van der Waals surface area contributed by atoms with E-state index in [1.807, 2.05) is 49.4 Å². The lowest BCUT2D eigenvalue weighted by Gasteiger charge is -2.30. The molecule has 5 rings (SSSR count). The number of fused-ring (bicyclic) bond motifs is 1. The zero-order chi connectivity index (χ0) is 26.9. The summed E-state index contributed by atoms with van der Waals surface area (Å²) < 4.78 is 29.8. The predicted molar refractivity (Wildman–Crippen MR) is 157 cm³/mol. The summed E-state index contributed by atoms with van der Waals surface area (Å²) in [5, 5.41) is 6.21. The molecule has 1 amide bonds. The van der Waals surface area contributed by atoms with E-state index in [1.165, 1.54) is 32.8 Å². The molecule has 4 aromatic rings. The lowest BCUT2D eigenvalue weighted by atomic mass is 10.0. The molecule has 0 radical (unpaired) electrons.